The zero-order chi connectivity index (χ0) is 14.4. The molecule has 0 amide bonds. The van der Waals surface area contributed by atoms with Crippen molar-refractivity contribution in [1.82, 2.24) is 10.3 Å². The summed E-state index contributed by atoms with van der Waals surface area (Å²) < 4.78 is 0. The van der Waals surface area contributed by atoms with Gasteiger partial charge in [-0.2, -0.15) is 0 Å². The summed E-state index contributed by atoms with van der Waals surface area (Å²) in [4.78, 5) is 5.60. The summed E-state index contributed by atoms with van der Waals surface area (Å²) in [6.07, 6.45) is 2.76. The summed E-state index contributed by atoms with van der Waals surface area (Å²) in [6, 6.07) is 12.7. The van der Waals surface area contributed by atoms with Crippen LogP contribution >= 0.6 is 23.4 Å². The molecule has 1 unspecified atom stereocenters. The highest BCUT2D eigenvalue weighted by Crippen LogP contribution is 2.33. The predicted molar refractivity (Wildman–Crippen MR) is 86.5 cm³/mol. The zero-order valence-corrected chi connectivity index (χ0v) is 13.3. The molecule has 2 nitrogen and oxygen atoms in total. The van der Waals surface area contributed by atoms with Gasteiger partial charge in [-0.1, -0.05) is 55.4 Å². The molecule has 0 aliphatic heterocycles. The lowest BCUT2D eigenvalue weighted by Gasteiger charge is -2.19. The van der Waals surface area contributed by atoms with Crippen molar-refractivity contribution in [1.29, 1.82) is 0 Å². The number of pyridine rings is 1. The Bertz CT molecular complexity index is 542. The highest BCUT2D eigenvalue weighted by atomic mass is 35.5. The van der Waals surface area contributed by atoms with Crippen molar-refractivity contribution in [2.45, 2.75) is 36.2 Å². The lowest BCUT2D eigenvalue weighted by Crippen LogP contribution is -2.20. The molecule has 0 radical (unpaired) electrons. The second-order valence-corrected chi connectivity index (χ2v) is 5.97. The molecule has 0 saturated heterocycles. The summed E-state index contributed by atoms with van der Waals surface area (Å²) in [5.41, 5.74) is 1.33. The van der Waals surface area contributed by atoms with Gasteiger partial charge in [0.15, 0.2) is 0 Å². The molecule has 2 rings (SSSR count). The van der Waals surface area contributed by atoms with E-state index in [9.17, 15) is 0 Å². The second kappa shape index (κ2) is 7.67. The van der Waals surface area contributed by atoms with Crippen LogP contribution in [0.2, 0.25) is 5.02 Å². The summed E-state index contributed by atoms with van der Waals surface area (Å²) in [6.45, 7) is 5.31. The van der Waals surface area contributed by atoms with Gasteiger partial charge in [0.2, 0.25) is 0 Å². The smallest absolute Gasteiger partial charge is 0.101 e. The van der Waals surface area contributed by atoms with Crippen LogP contribution in [-0.2, 0) is 0 Å². The van der Waals surface area contributed by atoms with Crippen LogP contribution in [0.1, 0.15) is 31.9 Å². The van der Waals surface area contributed by atoms with Crippen molar-refractivity contribution >= 4 is 23.4 Å². The Morgan fingerprint density at radius 3 is 2.65 bits per heavy atom. The minimum atomic E-state index is 0.385. The topological polar surface area (TPSA) is 24.9 Å². The van der Waals surface area contributed by atoms with Crippen LogP contribution in [0.4, 0.5) is 0 Å². The molecule has 0 aliphatic carbocycles. The lowest BCUT2D eigenvalue weighted by molar-refractivity contribution is 0.530. The van der Waals surface area contributed by atoms with Gasteiger partial charge in [0.25, 0.3) is 0 Å². The van der Waals surface area contributed by atoms with E-state index in [4.69, 9.17) is 11.6 Å². The fourth-order valence-electron chi connectivity index (χ4n) is 2.12. The van der Waals surface area contributed by atoms with Gasteiger partial charge in [-0.25, -0.2) is 4.98 Å². The minimum Gasteiger partial charge on any atom is -0.310 e. The Labute approximate surface area is 130 Å². The number of hydrogen-bond acceptors (Lipinski definition) is 3. The Morgan fingerprint density at radius 2 is 2.00 bits per heavy atom. The van der Waals surface area contributed by atoms with Crippen LogP contribution in [0.15, 0.2) is 52.5 Å². The third-order valence-electron chi connectivity index (χ3n) is 3.07. The van der Waals surface area contributed by atoms with Crippen molar-refractivity contribution in [2.24, 2.45) is 0 Å². The highest BCUT2D eigenvalue weighted by Gasteiger charge is 2.13. The van der Waals surface area contributed by atoms with E-state index in [0.29, 0.717) is 11.1 Å². The van der Waals surface area contributed by atoms with Crippen LogP contribution in [0, 0.1) is 0 Å². The maximum absolute atomic E-state index is 5.88. The van der Waals surface area contributed by atoms with Crippen LogP contribution in [0.5, 0.6) is 0 Å². The molecule has 106 valence electrons. The minimum absolute atomic E-state index is 0.385. The zero-order valence-electron chi connectivity index (χ0n) is 11.8. The number of hydrogen-bond donors (Lipinski definition) is 1. The van der Waals surface area contributed by atoms with E-state index in [-0.39, 0.29) is 0 Å². The third-order valence-corrected chi connectivity index (χ3v) is 4.33. The average Bonchev–Trinajstić information content (AvgIpc) is 2.48. The number of nitrogens with zero attached hydrogens (tertiary/aromatic N) is 1. The van der Waals surface area contributed by atoms with E-state index in [1.165, 1.54) is 10.5 Å². The van der Waals surface area contributed by atoms with E-state index in [0.717, 1.165) is 18.0 Å². The van der Waals surface area contributed by atoms with Gasteiger partial charge < -0.3 is 5.32 Å². The van der Waals surface area contributed by atoms with Gasteiger partial charge in [0, 0.05) is 17.1 Å². The molecule has 0 saturated carbocycles. The average molecular weight is 307 g/mol. The van der Waals surface area contributed by atoms with Crippen molar-refractivity contribution < 1.29 is 0 Å². The molecular weight excluding hydrogens is 288 g/mol. The first-order valence-electron chi connectivity index (χ1n) is 6.86. The Balaban J connectivity index is 2.25. The Hall–Kier alpha value is -1.03. The van der Waals surface area contributed by atoms with E-state index >= 15 is 0 Å². The fraction of sp³-hybridized carbons (Fsp3) is 0.312. The molecule has 1 heterocycles. The molecule has 4 heteroatoms. The van der Waals surface area contributed by atoms with Gasteiger partial charge in [-0.3, -0.25) is 0 Å². The quantitative estimate of drug-likeness (QED) is 0.817. The van der Waals surface area contributed by atoms with Gasteiger partial charge >= 0.3 is 0 Å². The molecule has 0 bridgehead atoms. The Morgan fingerprint density at radius 1 is 1.20 bits per heavy atom. The van der Waals surface area contributed by atoms with E-state index in [1.54, 1.807) is 18.0 Å². The number of rotatable bonds is 6. The number of benzene rings is 1. The predicted octanol–water partition coefficient (Wildman–Crippen LogP) is 4.95. The standard InChI is InChI=1S/C16H19ClN2S/c1-3-14(18-4-2)13-7-5-6-8-15(13)20-16-10-9-12(17)11-19-16/h5-11,14,18H,3-4H2,1-2H3. The molecule has 1 N–H and O–H groups in total. The Kier molecular flexibility index (Phi) is 5.89. The van der Waals surface area contributed by atoms with E-state index in [2.05, 4.69) is 48.4 Å². The normalized spacial score (nSPS) is 12.3. The first kappa shape index (κ1) is 15.4. The highest BCUT2D eigenvalue weighted by molar-refractivity contribution is 7.99. The maximum Gasteiger partial charge on any atom is 0.101 e. The van der Waals surface area contributed by atoms with Gasteiger partial charge in [0.1, 0.15) is 5.03 Å². The second-order valence-electron chi connectivity index (χ2n) is 4.47. The molecule has 2 aromatic rings. The molecule has 1 atom stereocenters. The van der Waals surface area contributed by atoms with Crippen molar-refractivity contribution in [3.63, 3.8) is 0 Å². The first-order chi connectivity index (χ1) is 9.74. The lowest BCUT2D eigenvalue weighted by atomic mass is 10.0. The molecular formula is C16H19ClN2S. The largest absolute Gasteiger partial charge is 0.310 e. The SMILES string of the molecule is CCNC(CC)c1ccccc1Sc1ccc(Cl)cn1. The monoisotopic (exact) mass is 306 g/mol. The van der Waals surface area contributed by atoms with Gasteiger partial charge in [-0.05, 0) is 36.7 Å². The summed E-state index contributed by atoms with van der Waals surface area (Å²) in [7, 11) is 0. The molecule has 0 fully saturated rings. The van der Waals surface area contributed by atoms with Crippen molar-refractivity contribution in [3.05, 3.63) is 53.2 Å². The van der Waals surface area contributed by atoms with Gasteiger partial charge in [0.05, 0.1) is 5.02 Å². The molecule has 1 aromatic carbocycles. The maximum atomic E-state index is 5.88. The third kappa shape index (κ3) is 3.98. The molecule has 1 aromatic heterocycles. The number of aromatic nitrogens is 1. The first-order valence-corrected chi connectivity index (χ1v) is 8.05. The molecule has 0 spiro atoms. The molecule has 20 heavy (non-hydrogen) atoms. The van der Waals surface area contributed by atoms with Crippen LogP contribution < -0.4 is 5.32 Å². The van der Waals surface area contributed by atoms with E-state index in [1.807, 2.05) is 12.1 Å². The fourth-order valence-corrected chi connectivity index (χ4v) is 3.17. The van der Waals surface area contributed by atoms with Crippen molar-refractivity contribution in [2.75, 3.05) is 6.54 Å². The van der Waals surface area contributed by atoms with Crippen LogP contribution in [0.25, 0.3) is 0 Å². The van der Waals surface area contributed by atoms with Gasteiger partial charge in [-0.15, -0.1) is 0 Å². The summed E-state index contributed by atoms with van der Waals surface area (Å²) >= 11 is 7.56. The molecule has 0 aliphatic rings. The van der Waals surface area contributed by atoms with E-state index < -0.39 is 0 Å². The van der Waals surface area contributed by atoms with Crippen LogP contribution in [-0.4, -0.2) is 11.5 Å². The van der Waals surface area contributed by atoms with Crippen molar-refractivity contribution in [3.8, 4) is 0 Å². The number of halogens is 1. The summed E-state index contributed by atoms with van der Waals surface area (Å²) in [5.74, 6) is 0. The number of nitrogens with one attached hydrogen (secondary N) is 1. The summed E-state index contributed by atoms with van der Waals surface area (Å²) in [5, 5.41) is 5.16. The van der Waals surface area contributed by atoms with Crippen LogP contribution in [0.3, 0.4) is 0 Å².